The molecule has 288 valence electrons. The van der Waals surface area contributed by atoms with Crippen LogP contribution in [0.3, 0.4) is 0 Å². The molecule has 4 aliphatic rings. The molecule has 4 heterocycles. The number of carbonyl (C=O) groups is 1. The first-order valence-electron chi connectivity index (χ1n) is 16.1. The van der Waals surface area contributed by atoms with E-state index < -0.39 is 88.8 Å². The summed E-state index contributed by atoms with van der Waals surface area (Å²) in [6.07, 6.45) is 0. The van der Waals surface area contributed by atoms with Crippen molar-refractivity contribution in [1.82, 2.24) is 0 Å². The normalized spacial score (nSPS) is 15.4. The first-order valence-corrected chi connectivity index (χ1v) is 21.8. The van der Waals surface area contributed by atoms with Crippen LogP contribution in [0.4, 0.5) is 38.9 Å². The lowest BCUT2D eigenvalue weighted by Gasteiger charge is -2.35. The maximum absolute atomic E-state index is 14.1. The number of nitrogens with one attached hydrogen (secondary N) is 2. The van der Waals surface area contributed by atoms with Gasteiger partial charge in [-0.2, -0.15) is 16.8 Å². The van der Waals surface area contributed by atoms with Crippen molar-refractivity contribution in [2.75, 3.05) is 19.2 Å². The molecule has 0 atom stereocenters. The highest BCUT2D eigenvalue weighted by Gasteiger charge is 2.42. The van der Waals surface area contributed by atoms with E-state index in [4.69, 9.17) is 0 Å². The number of sulfonamides is 2. The number of benzene rings is 6. The van der Waals surface area contributed by atoms with Crippen molar-refractivity contribution >= 4 is 102 Å². The number of hydrogen-bond acceptors (Lipinski definition) is 11. The number of phenolic OH excluding ortho intramolecular Hbond substituents is 2. The standard InChI is InChI=1S/C35H26N4O13S4/c1-17-23-11-13-27(53(43,44)38(23)25-15-29(55(47,48)49)19-7-3-5-9-21(19)33(25)40)31(17)36-35(42)37-32-18(2)24-12-14-28(32)54(45,46)39(24)26-16-30(56(50,51)52)20-8-4-6-10-22(20)34(26)41/h3-16,40-41H,1-2H3,(H2,36,37,42)(H,47,48,49)(H,50,51,52). The number of amides is 2. The topological polar surface area (TPSA) is 265 Å². The molecular formula is C35H26N4O13S4. The minimum Gasteiger partial charge on any atom is -0.505 e. The summed E-state index contributed by atoms with van der Waals surface area (Å²) >= 11 is 0. The van der Waals surface area contributed by atoms with Crippen LogP contribution in [0.1, 0.15) is 11.1 Å². The van der Waals surface area contributed by atoms with E-state index in [9.17, 15) is 57.8 Å². The van der Waals surface area contributed by atoms with Crippen molar-refractivity contribution in [3.63, 3.8) is 0 Å². The SMILES string of the molecule is Cc1c2ccc(c1NC(=O)Nc1c3ccc(c1C)N(c1cc(S(=O)(=O)O)c4ccccc4c1O)S3(=O)=O)S(=O)(=O)N2c1cc(S(=O)(=O)O)c2ccccc2c1O. The summed E-state index contributed by atoms with van der Waals surface area (Å²) < 4.78 is 127. The summed E-state index contributed by atoms with van der Waals surface area (Å²) in [6.45, 7) is 2.88. The maximum Gasteiger partial charge on any atom is 0.323 e. The van der Waals surface area contributed by atoms with Gasteiger partial charge in [0.2, 0.25) is 0 Å². The Bertz CT molecular complexity index is 3050. The van der Waals surface area contributed by atoms with Crippen LogP contribution in [0.25, 0.3) is 21.5 Å². The number of rotatable bonds is 6. The number of anilines is 6. The maximum atomic E-state index is 14.1. The first-order chi connectivity index (χ1) is 26.2. The molecule has 0 saturated heterocycles. The number of fused-ring (bicyclic) bond motifs is 8. The van der Waals surface area contributed by atoms with Gasteiger partial charge in [0.05, 0.1) is 22.7 Å². The van der Waals surface area contributed by atoms with Gasteiger partial charge in [0, 0.05) is 21.5 Å². The third kappa shape index (κ3) is 5.27. The molecule has 21 heteroatoms. The second-order valence-corrected chi connectivity index (χ2v) is 19.1. The number of hydrogen-bond donors (Lipinski definition) is 6. The zero-order chi connectivity index (χ0) is 40.4. The highest BCUT2D eigenvalue weighted by Crippen LogP contribution is 2.52. The molecule has 0 fully saturated rings. The molecule has 0 unspecified atom stereocenters. The molecule has 17 nitrogen and oxygen atoms in total. The van der Waals surface area contributed by atoms with Crippen LogP contribution in [0.5, 0.6) is 11.5 Å². The lowest BCUT2D eigenvalue weighted by molar-refractivity contribution is 0.262. The van der Waals surface area contributed by atoms with Gasteiger partial charge in [-0.15, -0.1) is 0 Å². The van der Waals surface area contributed by atoms with Gasteiger partial charge >= 0.3 is 6.03 Å². The molecule has 0 aliphatic carbocycles. The summed E-state index contributed by atoms with van der Waals surface area (Å²) in [6, 6.07) is 16.8. The summed E-state index contributed by atoms with van der Waals surface area (Å²) in [7, 11) is -19.2. The Kier molecular flexibility index (Phi) is 7.93. The average molecular weight is 839 g/mol. The predicted octanol–water partition coefficient (Wildman–Crippen LogP) is 5.84. The average Bonchev–Trinajstić information content (AvgIpc) is 3.11. The van der Waals surface area contributed by atoms with Crippen LogP contribution >= 0.6 is 0 Å². The molecule has 56 heavy (non-hydrogen) atoms. The van der Waals surface area contributed by atoms with Crippen molar-refractivity contribution in [1.29, 1.82) is 0 Å². The minimum atomic E-state index is -4.92. The summed E-state index contributed by atoms with van der Waals surface area (Å²) in [5, 5.41) is 27.1. The number of phenols is 2. The molecule has 0 saturated carbocycles. The summed E-state index contributed by atoms with van der Waals surface area (Å²) in [5.74, 6) is -1.21. The highest BCUT2D eigenvalue weighted by molar-refractivity contribution is 7.94. The van der Waals surface area contributed by atoms with Gasteiger partial charge in [-0.25, -0.2) is 30.2 Å². The first kappa shape index (κ1) is 37.0. The smallest absolute Gasteiger partial charge is 0.323 e. The van der Waals surface area contributed by atoms with Crippen LogP contribution < -0.4 is 19.2 Å². The second-order valence-electron chi connectivity index (χ2n) is 12.8. The van der Waals surface area contributed by atoms with Crippen molar-refractivity contribution in [3.05, 3.63) is 96.1 Å². The van der Waals surface area contributed by atoms with Gasteiger partial charge in [0.15, 0.2) is 0 Å². The van der Waals surface area contributed by atoms with Gasteiger partial charge in [-0.3, -0.25) is 9.11 Å². The van der Waals surface area contributed by atoms with Crippen molar-refractivity contribution in [2.24, 2.45) is 0 Å². The molecule has 6 N–H and O–H groups in total. The van der Waals surface area contributed by atoms with Crippen molar-refractivity contribution in [3.8, 4) is 11.5 Å². The van der Waals surface area contributed by atoms with E-state index in [0.717, 1.165) is 12.1 Å². The van der Waals surface area contributed by atoms with E-state index in [2.05, 4.69) is 10.6 Å². The predicted molar refractivity (Wildman–Crippen MR) is 205 cm³/mol. The van der Waals surface area contributed by atoms with Gasteiger partial charge in [-0.1, -0.05) is 48.5 Å². The molecule has 4 aliphatic heterocycles. The Labute approximate surface area is 318 Å². The molecule has 4 bridgehead atoms. The van der Waals surface area contributed by atoms with Gasteiger partial charge < -0.3 is 20.8 Å². The van der Waals surface area contributed by atoms with Crippen LogP contribution in [-0.2, 0) is 40.3 Å². The zero-order valence-electron chi connectivity index (χ0n) is 28.6. The molecule has 0 radical (unpaired) electrons. The van der Waals surface area contributed by atoms with E-state index in [1.807, 2.05) is 0 Å². The van der Waals surface area contributed by atoms with E-state index in [1.165, 1.54) is 86.6 Å². The van der Waals surface area contributed by atoms with E-state index in [-0.39, 0.29) is 55.4 Å². The van der Waals surface area contributed by atoms with Crippen LogP contribution in [0.15, 0.2) is 105 Å². The van der Waals surface area contributed by atoms with Gasteiger partial charge in [0.25, 0.3) is 40.3 Å². The summed E-state index contributed by atoms with van der Waals surface area (Å²) in [4.78, 5) is 11.3. The lowest BCUT2D eigenvalue weighted by Crippen LogP contribution is -2.35. The fourth-order valence-electron chi connectivity index (χ4n) is 7.13. The fourth-order valence-corrected chi connectivity index (χ4v) is 12.1. The van der Waals surface area contributed by atoms with E-state index in [1.54, 1.807) is 0 Å². The molecular weight excluding hydrogens is 813 g/mol. The lowest BCUT2D eigenvalue weighted by atomic mass is 10.1. The molecule has 2 amide bonds. The van der Waals surface area contributed by atoms with Gasteiger partial charge in [0.1, 0.15) is 42.5 Å². The molecule has 6 aromatic rings. The molecule has 10 rings (SSSR count). The van der Waals surface area contributed by atoms with Gasteiger partial charge in [-0.05, 0) is 61.4 Å². The highest BCUT2D eigenvalue weighted by atomic mass is 32.2. The Morgan fingerprint density at radius 2 is 0.893 bits per heavy atom. The molecule has 6 aromatic carbocycles. The van der Waals surface area contributed by atoms with Crippen LogP contribution in [-0.4, -0.2) is 59.0 Å². The number of carbonyl (C=O) groups excluding carboxylic acids is 1. The van der Waals surface area contributed by atoms with Crippen LogP contribution in [0, 0.1) is 13.8 Å². The minimum absolute atomic E-state index is 0.0655. The van der Waals surface area contributed by atoms with Crippen molar-refractivity contribution in [2.45, 2.75) is 33.4 Å². The molecule has 0 aromatic heterocycles. The largest absolute Gasteiger partial charge is 0.505 e. The Morgan fingerprint density at radius 3 is 1.23 bits per heavy atom. The number of nitrogens with zero attached hydrogens (tertiary/aromatic N) is 2. The number of urea groups is 1. The fraction of sp³-hybridized carbons (Fsp3) is 0.0571. The number of aromatic hydroxyl groups is 2. The monoisotopic (exact) mass is 838 g/mol. The quantitative estimate of drug-likeness (QED) is 0.108. The second kappa shape index (κ2) is 12.0. The van der Waals surface area contributed by atoms with E-state index >= 15 is 0 Å². The molecule has 0 spiro atoms. The van der Waals surface area contributed by atoms with Crippen molar-refractivity contribution < 1.29 is 57.8 Å². The Morgan fingerprint density at radius 1 is 0.554 bits per heavy atom. The Hall–Kier alpha value is -5.97. The third-order valence-corrected chi connectivity index (χ3v) is 15.0. The Balaban J connectivity index is 1.17. The zero-order valence-corrected chi connectivity index (χ0v) is 31.8. The summed E-state index contributed by atoms with van der Waals surface area (Å²) in [5.41, 5.74) is -1.33. The van der Waals surface area contributed by atoms with E-state index in [0.29, 0.717) is 8.61 Å². The van der Waals surface area contributed by atoms with Crippen LogP contribution in [0.2, 0.25) is 0 Å². The third-order valence-electron chi connectivity index (χ3n) is 9.66.